The second-order valence-electron chi connectivity index (χ2n) is 4.29. The van der Waals surface area contributed by atoms with Gasteiger partial charge in [0.05, 0.1) is 6.04 Å². The molecule has 0 heterocycles. The van der Waals surface area contributed by atoms with Crippen molar-refractivity contribution in [3.63, 3.8) is 0 Å². The van der Waals surface area contributed by atoms with Gasteiger partial charge < -0.3 is 5.32 Å². The normalized spacial score (nSPS) is 23.4. The average Bonchev–Trinajstić information content (AvgIpc) is 2.49. The van der Waals surface area contributed by atoms with Crippen LogP contribution in [-0.4, -0.2) is 12.6 Å². The fourth-order valence-electron chi connectivity index (χ4n) is 1.86. The van der Waals surface area contributed by atoms with E-state index in [1.807, 2.05) is 6.92 Å². The maximum absolute atomic E-state index is 5.29. The SMILES string of the molecule is C#CC(C)NCC1(C)CCCC1. The highest BCUT2D eigenvalue weighted by Crippen LogP contribution is 2.36. The van der Waals surface area contributed by atoms with Crippen LogP contribution in [0.3, 0.4) is 0 Å². The van der Waals surface area contributed by atoms with Crippen molar-refractivity contribution in [1.82, 2.24) is 5.32 Å². The topological polar surface area (TPSA) is 12.0 Å². The van der Waals surface area contributed by atoms with Crippen molar-refractivity contribution in [1.29, 1.82) is 0 Å². The summed E-state index contributed by atoms with van der Waals surface area (Å²) in [4.78, 5) is 0. The van der Waals surface area contributed by atoms with Crippen molar-refractivity contribution < 1.29 is 0 Å². The highest BCUT2D eigenvalue weighted by Gasteiger charge is 2.28. The first-order valence-electron chi connectivity index (χ1n) is 4.86. The lowest BCUT2D eigenvalue weighted by atomic mass is 9.89. The van der Waals surface area contributed by atoms with Crippen molar-refractivity contribution in [2.45, 2.75) is 45.6 Å². The fraction of sp³-hybridized carbons (Fsp3) is 0.818. The van der Waals surface area contributed by atoms with E-state index in [0.29, 0.717) is 5.41 Å². The molecule has 0 aliphatic heterocycles. The zero-order valence-electron chi connectivity index (χ0n) is 8.19. The van der Waals surface area contributed by atoms with E-state index in [9.17, 15) is 0 Å². The van der Waals surface area contributed by atoms with Gasteiger partial charge >= 0.3 is 0 Å². The van der Waals surface area contributed by atoms with Crippen molar-refractivity contribution in [2.75, 3.05) is 6.54 Å². The van der Waals surface area contributed by atoms with Gasteiger partial charge in [0.1, 0.15) is 0 Å². The van der Waals surface area contributed by atoms with Gasteiger partial charge in [-0.2, -0.15) is 0 Å². The molecule has 0 bridgehead atoms. The summed E-state index contributed by atoms with van der Waals surface area (Å²) in [5.41, 5.74) is 0.519. The molecule has 0 aromatic rings. The summed E-state index contributed by atoms with van der Waals surface area (Å²) < 4.78 is 0. The van der Waals surface area contributed by atoms with Crippen LogP contribution in [0.5, 0.6) is 0 Å². The molecular formula is C11H19N. The molecule has 68 valence electrons. The summed E-state index contributed by atoms with van der Waals surface area (Å²) in [5, 5.41) is 3.38. The van der Waals surface area contributed by atoms with Crippen molar-refractivity contribution in [3.8, 4) is 12.3 Å². The summed E-state index contributed by atoms with van der Waals surface area (Å²) in [6, 6.07) is 0.224. The highest BCUT2D eigenvalue weighted by molar-refractivity contribution is 4.97. The molecule has 1 N–H and O–H groups in total. The molecule has 1 atom stereocenters. The summed E-state index contributed by atoms with van der Waals surface area (Å²) in [6.07, 6.45) is 10.8. The molecule has 12 heavy (non-hydrogen) atoms. The van der Waals surface area contributed by atoms with Crippen LogP contribution in [0.4, 0.5) is 0 Å². The summed E-state index contributed by atoms with van der Waals surface area (Å²) in [5.74, 6) is 2.69. The molecule has 1 aliphatic carbocycles. The Bertz CT molecular complexity index is 172. The molecule has 1 rings (SSSR count). The van der Waals surface area contributed by atoms with E-state index in [1.54, 1.807) is 0 Å². The molecular weight excluding hydrogens is 146 g/mol. The molecule has 0 radical (unpaired) electrons. The van der Waals surface area contributed by atoms with Gasteiger partial charge in [0, 0.05) is 6.54 Å². The predicted molar refractivity (Wildman–Crippen MR) is 52.9 cm³/mol. The number of terminal acetylenes is 1. The first kappa shape index (κ1) is 9.61. The smallest absolute Gasteiger partial charge is 0.0658 e. The van der Waals surface area contributed by atoms with E-state index in [-0.39, 0.29) is 6.04 Å². The lowest BCUT2D eigenvalue weighted by molar-refractivity contribution is 0.311. The summed E-state index contributed by atoms with van der Waals surface area (Å²) in [6.45, 7) is 5.48. The lowest BCUT2D eigenvalue weighted by Gasteiger charge is -2.24. The average molecular weight is 165 g/mol. The van der Waals surface area contributed by atoms with Crippen LogP contribution in [0, 0.1) is 17.8 Å². The number of hydrogen-bond donors (Lipinski definition) is 1. The molecule has 1 fully saturated rings. The van der Waals surface area contributed by atoms with E-state index in [2.05, 4.69) is 18.2 Å². The van der Waals surface area contributed by atoms with Gasteiger partial charge in [0.25, 0.3) is 0 Å². The van der Waals surface area contributed by atoms with Crippen LogP contribution in [0.1, 0.15) is 39.5 Å². The van der Waals surface area contributed by atoms with Crippen molar-refractivity contribution >= 4 is 0 Å². The Hall–Kier alpha value is -0.480. The Morgan fingerprint density at radius 2 is 2.08 bits per heavy atom. The number of rotatable bonds is 3. The number of hydrogen-bond acceptors (Lipinski definition) is 1. The first-order chi connectivity index (χ1) is 5.66. The molecule has 0 saturated heterocycles. The zero-order valence-corrected chi connectivity index (χ0v) is 8.19. The minimum Gasteiger partial charge on any atom is -0.303 e. The van der Waals surface area contributed by atoms with Crippen LogP contribution < -0.4 is 5.32 Å². The van der Waals surface area contributed by atoms with E-state index >= 15 is 0 Å². The molecule has 1 unspecified atom stereocenters. The monoisotopic (exact) mass is 165 g/mol. The van der Waals surface area contributed by atoms with Gasteiger partial charge in [0.15, 0.2) is 0 Å². The lowest BCUT2D eigenvalue weighted by Crippen LogP contribution is -2.34. The van der Waals surface area contributed by atoms with Gasteiger partial charge in [0.2, 0.25) is 0 Å². The summed E-state index contributed by atoms with van der Waals surface area (Å²) in [7, 11) is 0. The van der Waals surface area contributed by atoms with Crippen LogP contribution in [0.2, 0.25) is 0 Å². The van der Waals surface area contributed by atoms with Crippen LogP contribution in [-0.2, 0) is 0 Å². The Balaban J connectivity index is 2.26. The van der Waals surface area contributed by atoms with Gasteiger partial charge in [-0.3, -0.25) is 0 Å². The van der Waals surface area contributed by atoms with Crippen LogP contribution >= 0.6 is 0 Å². The molecule has 1 nitrogen and oxygen atoms in total. The molecule has 0 spiro atoms. The van der Waals surface area contributed by atoms with E-state index < -0.39 is 0 Å². The second-order valence-corrected chi connectivity index (χ2v) is 4.29. The first-order valence-corrected chi connectivity index (χ1v) is 4.86. The molecule has 0 aromatic carbocycles. The Morgan fingerprint density at radius 3 is 2.58 bits per heavy atom. The maximum atomic E-state index is 5.29. The third-order valence-corrected chi connectivity index (χ3v) is 2.90. The quantitative estimate of drug-likeness (QED) is 0.632. The standard InChI is InChI=1S/C11H19N/c1-4-10(2)12-9-11(3)7-5-6-8-11/h1,10,12H,5-9H2,2-3H3. The van der Waals surface area contributed by atoms with Crippen LogP contribution in [0.25, 0.3) is 0 Å². The fourth-order valence-corrected chi connectivity index (χ4v) is 1.86. The van der Waals surface area contributed by atoms with E-state index in [1.165, 1.54) is 25.7 Å². The second kappa shape index (κ2) is 3.96. The third-order valence-electron chi connectivity index (χ3n) is 2.90. The minimum absolute atomic E-state index is 0.224. The Morgan fingerprint density at radius 1 is 1.50 bits per heavy atom. The third kappa shape index (κ3) is 2.53. The summed E-state index contributed by atoms with van der Waals surface area (Å²) >= 11 is 0. The molecule has 1 saturated carbocycles. The Labute approximate surface area is 75.9 Å². The largest absolute Gasteiger partial charge is 0.303 e. The van der Waals surface area contributed by atoms with Gasteiger partial charge in [-0.05, 0) is 25.2 Å². The number of nitrogens with one attached hydrogen (secondary N) is 1. The minimum atomic E-state index is 0.224. The zero-order chi connectivity index (χ0) is 9.03. The van der Waals surface area contributed by atoms with E-state index in [4.69, 9.17) is 6.42 Å². The predicted octanol–water partition coefficient (Wildman–Crippen LogP) is 2.18. The Kier molecular flexibility index (Phi) is 3.17. The van der Waals surface area contributed by atoms with Crippen molar-refractivity contribution in [2.24, 2.45) is 5.41 Å². The highest BCUT2D eigenvalue weighted by atomic mass is 14.9. The van der Waals surface area contributed by atoms with Gasteiger partial charge in [-0.15, -0.1) is 6.42 Å². The molecule has 1 heteroatoms. The van der Waals surface area contributed by atoms with Crippen molar-refractivity contribution in [3.05, 3.63) is 0 Å². The van der Waals surface area contributed by atoms with Gasteiger partial charge in [-0.1, -0.05) is 25.7 Å². The van der Waals surface area contributed by atoms with Gasteiger partial charge in [-0.25, -0.2) is 0 Å². The molecule has 1 aliphatic rings. The molecule has 0 amide bonds. The van der Waals surface area contributed by atoms with E-state index in [0.717, 1.165) is 6.54 Å². The molecule has 0 aromatic heterocycles. The van der Waals surface area contributed by atoms with Crippen LogP contribution in [0.15, 0.2) is 0 Å². The maximum Gasteiger partial charge on any atom is 0.0658 e.